The van der Waals surface area contributed by atoms with Crippen LogP contribution in [0.1, 0.15) is 18.9 Å². The summed E-state index contributed by atoms with van der Waals surface area (Å²) in [6, 6.07) is 7.31. The van der Waals surface area contributed by atoms with Gasteiger partial charge in [0, 0.05) is 18.7 Å². The van der Waals surface area contributed by atoms with Crippen molar-refractivity contribution in [1.29, 1.82) is 0 Å². The Morgan fingerprint density at radius 2 is 2.07 bits per heavy atom. The Bertz CT molecular complexity index is 289. The molecule has 0 aliphatic carbocycles. The summed E-state index contributed by atoms with van der Waals surface area (Å²) in [7, 11) is 0. The maximum Gasteiger partial charge on any atom is 0.120 e. The van der Waals surface area contributed by atoms with Gasteiger partial charge >= 0.3 is 0 Å². The summed E-state index contributed by atoms with van der Waals surface area (Å²) in [6.07, 6.45) is 0.813. The van der Waals surface area contributed by atoms with Gasteiger partial charge in [-0.25, -0.2) is 0 Å². The van der Waals surface area contributed by atoms with E-state index >= 15 is 0 Å². The van der Waals surface area contributed by atoms with Crippen LogP contribution >= 0.6 is 0 Å². The number of hydrogen-bond donors (Lipinski definition) is 3. The Hall–Kier alpha value is -1.06. The van der Waals surface area contributed by atoms with Crippen LogP contribution in [0.5, 0.6) is 5.75 Å². The number of hydrogen-bond acceptors (Lipinski definition) is 3. The second-order valence-electron chi connectivity index (χ2n) is 3.88. The molecule has 3 N–H and O–H groups in total. The fourth-order valence-electron chi connectivity index (χ4n) is 1.44. The van der Waals surface area contributed by atoms with Crippen LogP contribution in [0.4, 0.5) is 0 Å². The van der Waals surface area contributed by atoms with E-state index in [9.17, 15) is 5.11 Å². The molecule has 0 aromatic heterocycles. The summed E-state index contributed by atoms with van der Waals surface area (Å²) >= 11 is 0. The van der Waals surface area contributed by atoms with Crippen LogP contribution < -0.4 is 5.32 Å². The number of phenolic OH excluding ortho intramolecular Hbond substituents is 1. The number of para-hydroxylation sites is 1. The first kappa shape index (κ1) is 12.0. The lowest BCUT2D eigenvalue weighted by molar-refractivity contribution is 0.260. The van der Waals surface area contributed by atoms with E-state index in [0.29, 0.717) is 18.2 Å². The van der Waals surface area contributed by atoms with Gasteiger partial charge in [0.15, 0.2) is 0 Å². The number of phenols is 1. The van der Waals surface area contributed by atoms with Gasteiger partial charge in [-0.3, -0.25) is 0 Å². The topological polar surface area (TPSA) is 52.5 Å². The first-order valence-electron chi connectivity index (χ1n) is 5.32. The van der Waals surface area contributed by atoms with E-state index < -0.39 is 0 Å². The molecule has 1 aromatic carbocycles. The lowest BCUT2D eigenvalue weighted by Crippen LogP contribution is -2.21. The van der Waals surface area contributed by atoms with Gasteiger partial charge in [0.05, 0.1) is 0 Å². The quantitative estimate of drug-likeness (QED) is 0.665. The minimum absolute atomic E-state index is 0.236. The molecule has 1 atom stereocenters. The van der Waals surface area contributed by atoms with Crippen LogP contribution in [0, 0.1) is 5.92 Å². The standard InChI is InChI=1S/C12H19NO2/c1-10(6-7-14)8-13-9-11-4-2-3-5-12(11)15/h2-5,10,13-15H,6-9H2,1H3. The predicted molar refractivity (Wildman–Crippen MR) is 60.7 cm³/mol. The number of aromatic hydroxyl groups is 1. The van der Waals surface area contributed by atoms with E-state index in [4.69, 9.17) is 5.11 Å². The SMILES string of the molecule is CC(CCO)CNCc1ccccc1O. The third kappa shape index (κ3) is 4.32. The second kappa shape index (κ2) is 6.43. The van der Waals surface area contributed by atoms with Gasteiger partial charge < -0.3 is 15.5 Å². The Morgan fingerprint density at radius 1 is 1.33 bits per heavy atom. The van der Waals surface area contributed by atoms with Crippen molar-refractivity contribution in [2.75, 3.05) is 13.2 Å². The van der Waals surface area contributed by atoms with E-state index in [0.717, 1.165) is 18.5 Å². The molecule has 1 aromatic rings. The second-order valence-corrected chi connectivity index (χ2v) is 3.88. The van der Waals surface area contributed by atoms with E-state index in [2.05, 4.69) is 12.2 Å². The van der Waals surface area contributed by atoms with E-state index in [1.165, 1.54) is 0 Å². The van der Waals surface area contributed by atoms with Crippen LogP contribution in [0.25, 0.3) is 0 Å². The summed E-state index contributed by atoms with van der Waals surface area (Å²) in [5.74, 6) is 0.792. The van der Waals surface area contributed by atoms with Crippen molar-refractivity contribution in [2.24, 2.45) is 5.92 Å². The van der Waals surface area contributed by atoms with Gasteiger partial charge in [-0.05, 0) is 24.9 Å². The molecule has 0 aliphatic rings. The fraction of sp³-hybridized carbons (Fsp3) is 0.500. The van der Waals surface area contributed by atoms with E-state index in [1.54, 1.807) is 6.07 Å². The molecule has 84 valence electrons. The molecule has 0 amide bonds. The predicted octanol–water partition coefficient (Wildman–Crippen LogP) is 1.50. The lowest BCUT2D eigenvalue weighted by atomic mass is 10.1. The van der Waals surface area contributed by atoms with E-state index in [1.807, 2.05) is 18.2 Å². The van der Waals surface area contributed by atoms with Crippen molar-refractivity contribution in [3.63, 3.8) is 0 Å². The summed E-state index contributed by atoms with van der Waals surface area (Å²) in [6.45, 7) is 3.85. The summed E-state index contributed by atoms with van der Waals surface area (Å²) in [5.41, 5.74) is 0.911. The molecular weight excluding hydrogens is 190 g/mol. The van der Waals surface area contributed by atoms with Crippen LogP contribution in [-0.2, 0) is 6.54 Å². The molecular formula is C12H19NO2. The number of rotatable bonds is 6. The smallest absolute Gasteiger partial charge is 0.120 e. The highest BCUT2D eigenvalue weighted by molar-refractivity contribution is 5.31. The third-order valence-electron chi connectivity index (χ3n) is 2.42. The summed E-state index contributed by atoms with van der Waals surface area (Å²) < 4.78 is 0. The molecule has 1 unspecified atom stereocenters. The molecule has 3 heteroatoms. The number of benzene rings is 1. The minimum atomic E-state index is 0.236. The van der Waals surface area contributed by atoms with Crippen molar-refractivity contribution in [3.8, 4) is 5.75 Å². The lowest BCUT2D eigenvalue weighted by Gasteiger charge is -2.11. The first-order chi connectivity index (χ1) is 7.24. The Kier molecular flexibility index (Phi) is 5.15. The summed E-state index contributed by atoms with van der Waals surface area (Å²) in [5, 5.41) is 21.5. The molecule has 0 fully saturated rings. The highest BCUT2D eigenvalue weighted by atomic mass is 16.3. The highest BCUT2D eigenvalue weighted by Gasteiger charge is 2.02. The van der Waals surface area contributed by atoms with Crippen LogP contribution in [-0.4, -0.2) is 23.4 Å². The zero-order valence-electron chi connectivity index (χ0n) is 9.11. The average molecular weight is 209 g/mol. The maximum absolute atomic E-state index is 9.50. The number of nitrogens with one attached hydrogen (secondary N) is 1. The van der Waals surface area contributed by atoms with Crippen LogP contribution in [0.3, 0.4) is 0 Å². The summed E-state index contributed by atoms with van der Waals surface area (Å²) in [4.78, 5) is 0. The highest BCUT2D eigenvalue weighted by Crippen LogP contribution is 2.14. The van der Waals surface area contributed by atoms with Crippen molar-refractivity contribution >= 4 is 0 Å². The zero-order chi connectivity index (χ0) is 11.1. The Morgan fingerprint density at radius 3 is 2.73 bits per heavy atom. The number of aliphatic hydroxyl groups is 1. The molecule has 0 radical (unpaired) electrons. The van der Waals surface area contributed by atoms with Crippen molar-refractivity contribution in [2.45, 2.75) is 19.9 Å². The first-order valence-corrected chi connectivity index (χ1v) is 5.32. The van der Waals surface area contributed by atoms with Crippen LogP contribution in [0.2, 0.25) is 0 Å². The zero-order valence-corrected chi connectivity index (χ0v) is 9.11. The van der Waals surface area contributed by atoms with Gasteiger partial charge in [-0.15, -0.1) is 0 Å². The molecule has 0 saturated carbocycles. The van der Waals surface area contributed by atoms with Crippen molar-refractivity contribution < 1.29 is 10.2 Å². The molecule has 0 heterocycles. The molecule has 0 saturated heterocycles. The van der Waals surface area contributed by atoms with Gasteiger partial charge in [0.2, 0.25) is 0 Å². The number of aliphatic hydroxyl groups excluding tert-OH is 1. The minimum Gasteiger partial charge on any atom is -0.508 e. The molecule has 0 spiro atoms. The van der Waals surface area contributed by atoms with Crippen molar-refractivity contribution in [3.05, 3.63) is 29.8 Å². The van der Waals surface area contributed by atoms with Gasteiger partial charge in [-0.1, -0.05) is 25.1 Å². The fourth-order valence-corrected chi connectivity index (χ4v) is 1.44. The average Bonchev–Trinajstić information content (AvgIpc) is 2.21. The van der Waals surface area contributed by atoms with Crippen LogP contribution in [0.15, 0.2) is 24.3 Å². The van der Waals surface area contributed by atoms with Gasteiger partial charge in [0.25, 0.3) is 0 Å². The molecule has 1 rings (SSSR count). The van der Waals surface area contributed by atoms with E-state index in [-0.39, 0.29) is 6.61 Å². The normalized spacial score (nSPS) is 12.7. The molecule has 0 aliphatic heterocycles. The van der Waals surface area contributed by atoms with Gasteiger partial charge in [0.1, 0.15) is 5.75 Å². The Labute approximate surface area is 90.8 Å². The van der Waals surface area contributed by atoms with Gasteiger partial charge in [-0.2, -0.15) is 0 Å². The van der Waals surface area contributed by atoms with Crippen molar-refractivity contribution in [1.82, 2.24) is 5.32 Å². The molecule has 0 bridgehead atoms. The Balaban J connectivity index is 2.29. The monoisotopic (exact) mass is 209 g/mol. The maximum atomic E-state index is 9.50. The molecule has 3 nitrogen and oxygen atoms in total. The largest absolute Gasteiger partial charge is 0.508 e. The third-order valence-corrected chi connectivity index (χ3v) is 2.42. The molecule has 15 heavy (non-hydrogen) atoms.